The van der Waals surface area contributed by atoms with Gasteiger partial charge >= 0.3 is 0 Å². The van der Waals surface area contributed by atoms with Gasteiger partial charge in [-0.15, -0.1) is 0 Å². The van der Waals surface area contributed by atoms with Gasteiger partial charge in [-0.2, -0.15) is 16.9 Å². The molecule has 1 aromatic heterocycles. The predicted octanol–water partition coefficient (Wildman–Crippen LogP) is 2.88. The van der Waals surface area contributed by atoms with Crippen LogP contribution in [0.1, 0.15) is 38.3 Å². The van der Waals surface area contributed by atoms with Gasteiger partial charge in [-0.05, 0) is 32.4 Å². The van der Waals surface area contributed by atoms with Crippen LogP contribution in [-0.4, -0.2) is 27.3 Å². The van der Waals surface area contributed by atoms with Gasteiger partial charge in [-0.3, -0.25) is 0 Å². The Balaban J connectivity index is 2.08. The van der Waals surface area contributed by atoms with E-state index in [-0.39, 0.29) is 0 Å². The second-order valence-electron chi connectivity index (χ2n) is 5.17. The first-order valence-corrected chi connectivity index (χ1v) is 7.96. The van der Waals surface area contributed by atoms with Gasteiger partial charge in [0.1, 0.15) is 5.82 Å². The Hall–Kier alpha value is -0.840. The van der Waals surface area contributed by atoms with Crippen molar-refractivity contribution >= 4 is 23.3 Å². The molecule has 0 bridgehead atoms. The first kappa shape index (κ1) is 13.6. The summed E-state index contributed by atoms with van der Waals surface area (Å²) in [5.74, 6) is 1.01. The van der Waals surface area contributed by atoms with Crippen molar-refractivity contribution in [2.24, 2.45) is 0 Å². The molecule has 1 aromatic rings. The summed E-state index contributed by atoms with van der Waals surface area (Å²) in [6, 6.07) is 0. The number of hydrogen-bond acceptors (Lipinski definition) is 4. The smallest absolute Gasteiger partial charge is 0.148 e. The number of rotatable bonds is 6. The van der Waals surface area contributed by atoms with Crippen molar-refractivity contribution < 1.29 is 0 Å². The van der Waals surface area contributed by atoms with Crippen molar-refractivity contribution in [1.29, 1.82) is 0 Å². The van der Waals surface area contributed by atoms with E-state index in [4.69, 9.17) is 5.73 Å². The number of nitrogens with one attached hydrogen (secondary N) is 1. The van der Waals surface area contributed by atoms with Crippen molar-refractivity contribution in [3.63, 3.8) is 0 Å². The Bertz CT molecular complexity index is 404. The highest BCUT2D eigenvalue weighted by Gasteiger charge is 2.36. The van der Waals surface area contributed by atoms with Crippen LogP contribution in [-0.2, 0) is 6.54 Å². The number of nitrogens with zero attached hydrogens (tertiary/aromatic N) is 2. The summed E-state index contributed by atoms with van der Waals surface area (Å²) in [5.41, 5.74) is 7.84. The zero-order valence-electron chi connectivity index (χ0n) is 11.6. The highest BCUT2D eigenvalue weighted by molar-refractivity contribution is 8.00. The fourth-order valence-corrected chi connectivity index (χ4v) is 3.34. The number of aromatic nitrogens is 2. The van der Waals surface area contributed by atoms with E-state index in [2.05, 4.69) is 23.6 Å². The lowest BCUT2D eigenvalue weighted by molar-refractivity contribution is 0.379. The molecule has 102 valence electrons. The quantitative estimate of drug-likeness (QED) is 0.833. The summed E-state index contributed by atoms with van der Waals surface area (Å²) in [5, 5.41) is 8.03. The van der Waals surface area contributed by atoms with E-state index in [0.717, 1.165) is 36.7 Å². The summed E-state index contributed by atoms with van der Waals surface area (Å²) >= 11 is 1.98. The highest BCUT2D eigenvalue weighted by Crippen LogP contribution is 2.43. The molecule has 18 heavy (non-hydrogen) atoms. The zero-order valence-corrected chi connectivity index (χ0v) is 12.4. The van der Waals surface area contributed by atoms with Crippen LogP contribution in [0.2, 0.25) is 0 Å². The third-order valence-electron chi connectivity index (χ3n) is 3.88. The van der Waals surface area contributed by atoms with Gasteiger partial charge in [0.05, 0.1) is 11.4 Å². The SMILES string of the molecule is CCCn1nc(C)c(N)c1NCC1(SC)CCC1. The van der Waals surface area contributed by atoms with Gasteiger partial charge in [-0.1, -0.05) is 13.3 Å². The molecule has 3 N–H and O–H groups in total. The Morgan fingerprint density at radius 1 is 1.50 bits per heavy atom. The van der Waals surface area contributed by atoms with E-state index in [0.29, 0.717) is 4.75 Å². The largest absolute Gasteiger partial charge is 0.394 e. The second kappa shape index (κ2) is 5.43. The maximum Gasteiger partial charge on any atom is 0.148 e. The van der Waals surface area contributed by atoms with Crippen LogP contribution in [0, 0.1) is 6.92 Å². The Morgan fingerprint density at radius 3 is 2.72 bits per heavy atom. The maximum atomic E-state index is 6.11. The second-order valence-corrected chi connectivity index (χ2v) is 6.44. The van der Waals surface area contributed by atoms with Gasteiger partial charge in [-0.25, -0.2) is 4.68 Å². The molecule has 4 nitrogen and oxygen atoms in total. The molecule has 0 radical (unpaired) electrons. The van der Waals surface area contributed by atoms with Crippen molar-refractivity contribution in [2.75, 3.05) is 23.9 Å². The number of anilines is 2. The number of hydrogen-bond donors (Lipinski definition) is 2. The molecule has 0 saturated heterocycles. The van der Waals surface area contributed by atoms with E-state index >= 15 is 0 Å². The van der Waals surface area contributed by atoms with Crippen LogP contribution in [0.3, 0.4) is 0 Å². The molecule has 0 spiro atoms. The number of aryl methyl sites for hydroxylation is 2. The third kappa shape index (κ3) is 2.46. The van der Waals surface area contributed by atoms with E-state index in [9.17, 15) is 0 Å². The van der Waals surface area contributed by atoms with Crippen molar-refractivity contribution in [3.8, 4) is 0 Å². The van der Waals surface area contributed by atoms with Crippen molar-refractivity contribution in [1.82, 2.24) is 9.78 Å². The Morgan fingerprint density at radius 2 is 2.22 bits per heavy atom. The monoisotopic (exact) mass is 268 g/mol. The molecule has 2 rings (SSSR count). The maximum absolute atomic E-state index is 6.11. The minimum absolute atomic E-state index is 0.418. The normalized spacial score (nSPS) is 17.5. The van der Waals surface area contributed by atoms with Gasteiger partial charge in [0.2, 0.25) is 0 Å². The number of thioether (sulfide) groups is 1. The minimum atomic E-state index is 0.418. The molecule has 5 heteroatoms. The van der Waals surface area contributed by atoms with Gasteiger partial charge in [0.15, 0.2) is 0 Å². The molecule has 0 unspecified atom stereocenters. The van der Waals surface area contributed by atoms with Crippen molar-refractivity contribution in [2.45, 2.75) is 50.8 Å². The Labute approximate surface area is 114 Å². The molecule has 1 saturated carbocycles. The van der Waals surface area contributed by atoms with Crippen LogP contribution < -0.4 is 11.1 Å². The zero-order chi connectivity index (χ0) is 13.2. The molecular weight excluding hydrogens is 244 g/mol. The molecule has 0 aliphatic heterocycles. The fraction of sp³-hybridized carbons (Fsp3) is 0.769. The van der Waals surface area contributed by atoms with Gasteiger partial charge in [0.25, 0.3) is 0 Å². The van der Waals surface area contributed by atoms with Crippen molar-refractivity contribution in [3.05, 3.63) is 5.69 Å². The summed E-state index contributed by atoms with van der Waals surface area (Å²) in [6.07, 6.45) is 7.25. The van der Waals surface area contributed by atoms with Crippen LogP contribution >= 0.6 is 11.8 Å². The topological polar surface area (TPSA) is 55.9 Å². The molecule has 0 aromatic carbocycles. The van der Waals surface area contributed by atoms with E-state index in [1.165, 1.54) is 19.3 Å². The number of nitrogen functional groups attached to an aromatic ring is 1. The Kier molecular flexibility index (Phi) is 4.10. The molecule has 1 heterocycles. The average Bonchev–Trinajstić information content (AvgIpc) is 2.56. The summed E-state index contributed by atoms with van der Waals surface area (Å²) in [4.78, 5) is 0. The first-order chi connectivity index (χ1) is 8.62. The van der Waals surface area contributed by atoms with E-state index in [1.807, 2.05) is 23.4 Å². The van der Waals surface area contributed by atoms with Gasteiger partial charge in [0, 0.05) is 17.8 Å². The van der Waals surface area contributed by atoms with Crippen LogP contribution in [0.25, 0.3) is 0 Å². The molecule has 0 amide bonds. The van der Waals surface area contributed by atoms with Crippen LogP contribution in [0.4, 0.5) is 11.5 Å². The molecule has 1 aliphatic rings. The standard InChI is InChI=1S/C13H24N4S/c1-4-8-17-12(11(14)10(2)16-17)15-9-13(18-3)6-5-7-13/h15H,4-9,14H2,1-3H3. The van der Waals surface area contributed by atoms with E-state index < -0.39 is 0 Å². The highest BCUT2D eigenvalue weighted by atomic mass is 32.2. The molecular formula is C13H24N4S. The average molecular weight is 268 g/mol. The predicted molar refractivity (Wildman–Crippen MR) is 80.3 cm³/mol. The molecule has 1 fully saturated rings. The fourth-order valence-electron chi connectivity index (χ4n) is 2.42. The summed E-state index contributed by atoms with van der Waals surface area (Å²) in [6.45, 7) is 6.05. The lowest BCUT2D eigenvalue weighted by Gasteiger charge is -2.40. The summed E-state index contributed by atoms with van der Waals surface area (Å²) < 4.78 is 2.43. The van der Waals surface area contributed by atoms with Crippen LogP contribution in [0.15, 0.2) is 0 Å². The molecule has 0 atom stereocenters. The van der Waals surface area contributed by atoms with Gasteiger partial charge < -0.3 is 11.1 Å². The third-order valence-corrected chi connectivity index (χ3v) is 5.30. The molecule has 1 aliphatic carbocycles. The lowest BCUT2D eigenvalue weighted by atomic mass is 9.84. The lowest BCUT2D eigenvalue weighted by Crippen LogP contribution is -2.40. The minimum Gasteiger partial charge on any atom is -0.394 e. The van der Waals surface area contributed by atoms with Crippen LogP contribution in [0.5, 0.6) is 0 Å². The van der Waals surface area contributed by atoms with E-state index in [1.54, 1.807) is 0 Å². The summed E-state index contributed by atoms with van der Waals surface area (Å²) in [7, 11) is 0. The first-order valence-electron chi connectivity index (χ1n) is 6.74. The number of nitrogens with two attached hydrogens (primary N) is 1.